The van der Waals surface area contributed by atoms with Crippen LogP contribution in [0, 0.1) is 6.92 Å². The molecule has 1 aromatic heterocycles. The van der Waals surface area contributed by atoms with Gasteiger partial charge < -0.3 is 14.8 Å². The van der Waals surface area contributed by atoms with E-state index in [0.29, 0.717) is 12.8 Å². The zero-order valence-corrected chi connectivity index (χ0v) is 12.7. The van der Waals surface area contributed by atoms with Crippen LogP contribution < -0.4 is 5.32 Å². The smallest absolute Gasteiger partial charge is 0.329 e. The first-order valence-corrected chi connectivity index (χ1v) is 7.63. The number of carboxylic acids is 1. The zero-order chi connectivity index (χ0) is 16.0. The highest BCUT2D eigenvalue weighted by atomic mass is 32.2. The van der Waals surface area contributed by atoms with Gasteiger partial charge in [-0.3, -0.25) is 4.79 Å². The first-order valence-electron chi connectivity index (χ1n) is 6.19. The molecule has 1 heterocycles. The molecular formula is C12H16N2O6S. The van der Waals surface area contributed by atoms with Gasteiger partial charge in [0.25, 0.3) is 15.9 Å². The Bertz CT molecular complexity index is 699. The quantitative estimate of drug-likeness (QED) is 0.800. The van der Waals surface area contributed by atoms with Gasteiger partial charge in [0, 0.05) is 20.2 Å². The van der Waals surface area contributed by atoms with Gasteiger partial charge in [-0.25, -0.2) is 17.5 Å². The Morgan fingerprint density at radius 1 is 1.38 bits per heavy atom. The van der Waals surface area contributed by atoms with Crippen molar-refractivity contribution in [3.63, 3.8) is 0 Å². The van der Waals surface area contributed by atoms with E-state index in [-0.39, 0.29) is 16.4 Å². The number of hydrogen-bond acceptors (Lipinski definition) is 5. The van der Waals surface area contributed by atoms with E-state index in [9.17, 15) is 18.0 Å². The van der Waals surface area contributed by atoms with Crippen LogP contribution in [0.5, 0.6) is 0 Å². The lowest BCUT2D eigenvalue weighted by Gasteiger charge is -2.11. The summed E-state index contributed by atoms with van der Waals surface area (Å²) in [5, 5.41) is 11.1. The van der Waals surface area contributed by atoms with Crippen molar-refractivity contribution in [3.05, 3.63) is 17.4 Å². The van der Waals surface area contributed by atoms with Crippen LogP contribution in [0.25, 0.3) is 0 Å². The molecule has 0 bridgehead atoms. The maximum absolute atomic E-state index is 12.1. The highest BCUT2D eigenvalue weighted by Gasteiger charge is 2.52. The third kappa shape index (κ3) is 2.66. The second kappa shape index (κ2) is 4.85. The summed E-state index contributed by atoms with van der Waals surface area (Å²) >= 11 is 0. The van der Waals surface area contributed by atoms with Crippen LogP contribution in [0.15, 0.2) is 15.6 Å². The summed E-state index contributed by atoms with van der Waals surface area (Å²) in [6.45, 7) is 1.45. The van der Waals surface area contributed by atoms with E-state index in [1.54, 1.807) is 0 Å². The predicted octanol–water partition coefficient (Wildman–Crippen LogP) is 0.185. The number of aryl methyl sites for hydroxylation is 1. The van der Waals surface area contributed by atoms with Crippen molar-refractivity contribution in [1.29, 1.82) is 0 Å². The Kier molecular flexibility index (Phi) is 3.58. The molecule has 0 aliphatic heterocycles. The predicted molar refractivity (Wildman–Crippen MR) is 71.4 cm³/mol. The number of carbonyl (C=O) groups is 2. The summed E-state index contributed by atoms with van der Waals surface area (Å²) in [6, 6.07) is 1.11. The normalized spacial score (nSPS) is 16.8. The summed E-state index contributed by atoms with van der Waals surface area (Å²) < 4.78 is 29.9. The molecule has 1 aromatic rings. The molecule has 0 saturated heterocycles. The molecule has 0 radical (unpaired) electrons. The van der Waals surface area contributed by atoms with Crippen LogP contribution in [0.2, 0.25) is 0 Å². The topological polar surface area (TPSA) is 117 Å². The fourth-order valence-corrected chi connectivity index (χ4v) is 2.65. The highest BCUT2D eigenvalue weighted by molar-refractivity contribution is 7.88. The van der Waals surface area contributed by atoms with Crippen LogP contribution in [-0.4, -0.2) is 49.3 Å². The van der Waals surface area contributed by atoms with Crippen LogP contribution >= 0.6 is 0 Å². The van der Waals surface area contributed by atoms with E-state index in [0.717, 1.165) is 10.4 Å². The SMILES string of the molecule is Cc1oc(S(=O)(=O)N(C)C)cc1C(=O)NC1(C(=O)O)CC1. The lowest BCUT2D eigenvalue weighted by molar-refractivity contribution is -0.140. The number of aliphatic carboxylic acids is 1. The summed E-state index contributed by atoms with van der Waals surface area (Å²) in [5.41, 5.74) is -1.22. The van der Waals surface area contributed by atoms with Crippen molar-refractivity contribution in [3.8, 4) is 0 Å². The number of nitrogens with one attached hydrogen (secondary N) is 1. The number of carboxylic acid groups (broad SMARTS) is 1. The van der Waals surface area contributed by atoms with Crippen LogP contribution in [-0.2, 0) is 14.8 Å². The lowest BCUT2D eigenvalue weighted by atomic mass is 10.2. The largest absolute Gasteiger partial charge is 0.480 e. The Morgan fingerprint density at radius 3 is 2.38 bits per heavy atom. The van der Waals surface area contributed by atoms with E-state index in [1.165, 1.54) is 21.0 Å². The molecule has 2 rings (SSSR count). The molecule has 21 heavy (non-hydrogen) atoms. The second-order valence-electron chi connectivity index (χ2n) is 5.16. The van der Waals surface area contributed by atoms with Gasteiger partial charge >= 0.3 is 5.97 Å². The Labute approximate surface area is 121 Å². The maximum atomic E-state index is 12.1. The Morgan fingerprint density at radius 2 is 1.95 bits per heavy atom. The molecule has 1 saturated carbocycles. The molecule has 1 aliphatic carbocycles. The molecule has 0 unspecified atom stereocenters. The molecular weight excluding hydrogens is 300 g/mol. The molecule has 0 spiro atoms. The van der Waals surface area contributed by atoms with E-state index in [2.05, 4.69) is 5.32 Å². The van der Waals surface area contributed by atoms with Gasteiger partial charge in [0.2, 0.25) is 5.09 Å². The maximum Gasteiger partial charge on any atom is 0.329 e. The lowest BCUT2D eigenvalue weighted by Crippen LogP contribution is -2.43. The number of furan rings is 1. The molecule has 1 aliphatic rings. The van der Waals surface area contributed by atoms with Crippen LogP contribution in [0.1, 0.15) is 29.0 Å². The molecule has 8 nitrogen and oxygen atoms in total. The third-order valence-electron chi connectivity index (χ3n) is 3.39. The Hall–Kier alpha value is -1.87. The number of hydrogen-bond donors (Lipinski definition) is 2. The van der Waals surface area contributed by atoms with Gasteiger partial charge in [0.15, 0.2) is 0 Å². The highest BCUT2D eigenvalue weighted by Crippen LogP contribution is 2.36. The van der Waals surface area contributed by atoms with Crippen LogP contribution in [0.4, 0.5) is 0 Å². The van der Waals surface area contributed by atoms with E-state index < -0.39 is 27.4 Å². The van der Waals surface area contributed by atoms with Gasteiger partial charge in [-0.1, -0.05) is 0 Å². The van der Waals surface area contributed by atoms with Crippen LogP contribution in [0.3, 0.4) is 0 Å². The zero-order valence-electron chi connectivity index (χ0n) is 11.8. The van der Waals surface area contributed by atoms with Gasteiger partial charge in [0.05, 0.1) is 5.56 Å². The van der Waals surface area contributed by atoms with Crippen molar-refractivity contribution in [2.45, 2.75) is 30.4 Å². The minimum Gasteiger partial charge on any atom is -0.480 e. The Balaban J connectivity index is 2.28. The van der Waals surface area contributed by atoms with Gasteiger partial charge in [0.1, 0.15) is 11.3 Å². The summed E-state index contributed by atoms with van der Waals surface area (Å²) in [4.78, 5) is 23.1. The van der Waals surface area contributed by atoms with E-state index in [1.807, 2.05) is 0 Å². The second-order valence-corrected chi connectivity index (χ2v) is 7.25. The monoisotopic (exact) mass is 316 g/mol. The molecule has 1 fully saturated rings. The fourth-order valence-electron chi connectivity index (χ4n) is 1.79. The molecule has 0 atom stereocenters. The van der Waals surface area contributed by atoms with Crippen molar-refractivity contribution in [2.75, 3.05) is 14.1 Å². The first-order chi connectivity index (χ1) is 9.60. The standard InChI is InChI=1S/C12H16N2O6S/c1-7-8(6-9(20-7)21(18,19)14(2)3)10(15)13-12(4-5-12)11(16)17/h6H,4-5H2,1-3H3,(H,13,15)(H,16,17). The van der Waals surface area contributed by atoms with E-state index >= 15 is 0 Å². The molecule has 1 amide bonds. The summed E-state index contributed by atoms with van der Waals surface area (Å²) in [7, 11) is -1.10. The fraction of sp³-hybridized carbons (Fsp3) is 0.500. The van der Waals surface area contributed by atoms with Gasteiger partial charge in [-0.05, 0) is 19.8 Å². The average molecular weight is 316 g/mol. The number of carbonyl (C=O) groups excluding carboxylic acids is 1. The first kappa shape index (κ1) is 15.5. The number of sulfonamides is 1. The number of rotatable bonds is 5. The molecule has 116 valence electrons. The van der Waals surface area contributed by atoms with Crippen molar-refractivity contribution in [2.24, 2.45) is 0 Å². The van der Waals surface area contributed by atoms with Crippen molar-refractivity contribution >= 4 is 21.9 Å². The molecule has 2 N–H and O–H groups in total. The molecule has 0 aromatic carbocycles. The average Bonchev–Trinajstić information content (AvgIpc) is 3.04. The number of nitrogens with zero attached hydrogens (tertiary/aromatic N) is 1. The minimum atomic E-state index is -3.79. The van der Waals surface area contributed by atoms with Crippen molar-refractivity contribution < 1.29 is 27.5 Å². The molecule has 9 heteroatoms. The van der Waals surface area contributed by atoms with Crippen molar-refractivity contribution in [1.82, 2.24) is 9.62 Å². The van der Waals surface area contributed by atoms with E-state index in [4.69, 9.17) is 9.52 Å². The number of amides is 1. The van der Waals surface area contributed by atoms with Gasteiger partial charge in [-0.2, -0.15) is 0 Å². The summed E-state index contributed by atoms with van der Waals surface area (Å²) in [6.07, 6.45) is 0.710. The summed E-state index contributed by atoms with van der Waals surface area (Å²) in [5.74, 6) is -1.64. The minimum absolute atomic E-state index is 0.0166. The third-order valence-corrected chi connectivity index (χ3v) is 5.06. The van der Waals surface area contributed by atoms with Gasteiger partial charge in [-0.15, -0.1) is 0 Å².